The fourth-order valence-electron chi connectivity index (χ4n) is 2.00. The molecule has 0 unspecified atom stereocenters. The zero-order valence-corrected chi connectivity index (χ0v) is 10.2. The van der Waals surface area contributed by atoms with Gasteiger partial charge in [-0.3, -0.25) is 4.79 Å². The van der Waals surface area contributed by atoms with Gasteiger partial charge in [-0.25, -0.2) is 8.42 Å². The van der Waals surface area contributed by atoms with Crippen molar-refractivity contribution in [1.82, 2.24) is 4.31 Å². The van der Waals surface area contributed by atoms with Crippen LogP contribution in [0.2, 0.25) is 0 Å². The lowest BCUT2D eigenvalue weighted by Crippen LogP contribution is -2.40. The predicted octanol–water partition coefficient (Wildman–Crippen LogP) is -0.105. The summed E-state index contributed by atoms with van der Waals surface area (Å²) in [5.41, 5.74) is 0. The molecule has 98 valence electrons. The molecule has 2 atom stereocenters. The summed E-state index contributed by atoms with van der Waals surface area (Å²) in [5, 5.41) is 18.5. The Morgan fingerprint density at radius 3 is 2.44 bits per heavy atom. The number of β-amino-alcohol motifs (C(OH)–C–C–N with tert-alkyl or cyclic N) is 1. The standard InChI is InChI=1S/C11H13NO5S/c13-8-6-10(11(14)15)12(7-8)18(16,17)9-4-2-1-3-5-9/h1-5,8,10,13H,6-7H2,(H,14,15)/t8-,10-/m1/s1. The highest BCUT2D eigenvalue weighted by Crippen LogP contribution is 2.26. The molecule has 2 N–H and O–H groups in total. The SMILES string of the molecule is O=C(O)[C@H]1C[C@@H](O)CN1S(=O)(=O)c1ccccc1. The molecule has 0 spiro atoms. The van der Waals surface area contributed by atoms with Gasteiger partial charge in [-0.2, -0.15) is 4.31 Å². The van der Waals surface area contributed by atoms with Crippen molar-refractivity contribution in [2.75, 3.05) is 6.54 Å². The number of aliphatic hydroxyl groups is 1. The monoisotopic (exact) mass is 271 g/mol. The predicted molar refractivity (Wildman–Crippen MR) is 62.4 cm³/mol. The van der Waals surface area contributed by atoms with E-state index in [1.807, 2.05) is 0 Å². The van der Waals surface area contributed by atoms with Gasteiger partial charge in [0.2, 0.25) is 10.0 Å². The van der Waals surface area contributed by atoms with E-state index >= 15 is 0 Å². The number of carboxylic acid groups (broad SMARTS) is 1. The maximum atomic E-state index is 12.2. The van der Waals surface area contributed by atoms with E-state index in [0.29, 0.717) is 0 Å². The lowest BCUT2D eigenvalue weighted by atomic mass is 10.2. The summed E-state index contributed by atoms with van der Waals surface area (Å²) >= 11 is 0. The van der Waals surface area contributed by atoms with Crippen LogP contribution in [0, 0.1) is 0 Å². The number of benzene rings is 1. The van der Waals surface area contributed by atoms with E-state index in [0.717, 1.165) is 4.31 Å². The third-order valence-corrected chi connectivity index (χ3v) is 4.76. The zero-order chi connectivity index (χ0) is 13.3. The molecule has 1 aliphatic rings. The lowest BCUT2D eigenvalue weighted by Gasteiger charge is -2.20. The number of sulfonamides is 1. The third kappa shape index (κ3) is 2.24. The summed E-state index contributed by atoms with van der Waals surface area (Å²) in [6.07, 6.45) is -1.02. The summed E-state index contributed by atoms with van der Waals surface area (Å²) in [6.45, 7) is -0.186. The molecule has 0 aliphatic carbocycles. The molecule has 2 rings (SSSR count). The smallest absolute Gasteiger partial charge is 0.322 e. The summed E-state index contributed by atoms with van der Waals surface area (Å²) in [5.74, 6) is -1.24. The van der Waals surface area contributed by atoms with Crippen LogP contribution in [-0.4, -0.2) is 47.6 Å². The highest BCUT2D eigenvalue weighted by atomic mass is 32.2. The van der Waals surface area contributed by atoms with Crippen LogP contribution in [0.3, 0.4) is 0 Å². The minimum atomic E-state index is -3.87. The Labute approximate surface area is 105 Å². The Morgan fingerprint density at radius 2 is 1.89 bits per heavy atom. The van der Waals surface area contributed by atoms with Crippen LogP contribution in [0.15, 0.2) is 35.2 Å². The van der Waals surface area contributed by atoms with Crippen LogP contribution in [-0.2, 0) is 14.8 Å². The van der Waals surface area contributed by atoms with E-state index in [-0.39, 0.29) is 17.9 Å². The van der Waals surface area contributed by atoms with Crippen molar-refractivity contribution in [3.8, 4) is 0 Å². The molecule has 0 aromatic heterocycles. The van der Waals surface area contributed by atoms with Crippen molar-refractivity contribution in [2.24, 2.45) is 0 Å². The molecule has 1 heterocycles. The lowest BCUT2D eigenvalue weighted by molar-refractivity contribution is -0.140. The maximum Gasteiger partial charge on any atom is 0.322 e. The number of carboxylic acids is 1. The van der Waals surface area contributed by atoms with E-state index in [1.165, 1.54) is 12.1 Å². The van der Waals surface area contributed by atoms with Crippen LogP contribution in [0.25, 0.3) is 0 Å². The molecule has 0 bridgehead atoms. The number of rotatable bonds is 3. The van der Waals surface area contributed by atoms with Crippen molar-refractivity contribution >= 4 is 16.0 Å². The molecule has 1 saturated heterocycles. The second kappa shape index (κ2) is 4.68. The Morgan fingerprint density at radius 1 is 1.28 bits per heavy atom. The number of nitrogens with zero attached hydrogens (tertiary/aromatic N) is 1. The largest absolute Gasteiger partial charge is 0.480 e. The average Bonchev–Trinajstić information content (AvgIpc) is 2.73. The van der Waals surface area contributed by atoms with Crippen LogP contribution in [0.4, 0.5) is 0 Å². The van der Waals surface area contributed by atoms with Gasteiger partial charge in [0.25, 0.3) is 0 Å². The first-order valence-electron chi connectivity index (χ1n) is 5.40. The van der Waals surface area contributed by atoms with Gasteiger partial charge >= 0.3 is 5.97 Å². The Hall–Kier alpha value is -1.44. The van der Waals surface area contributed by atoms with Crippen molar-refractivity contribution in [3.63, 3.8) is 0 Å². The molecule has 7 heteroatoms. The van der Waals surface area contributed by atoms with Gasteiger partial charge in [0, 0.05) is 13.0 Å². The second-order valence-corrected chi connectivity index (χ2v) is 6.02. The summed E-state index contributed by atoms with van der Waals surface area (Å²) < 4.78 is 25.3. The van der Waals surface area contributed by atoms with Gasteiger partial charge < -0.3 is 10.2 Å². The van der Waals surface area contributed by atoms with Crippen molar-refractivity contribution in [1.29, 1.82) is 0 Å². The van der Waals surface area contributed by atoms with Crippen molar-refractivity contribution < 1.29 is 23.4 Å². The summed E-state index contributed by atoms with van der Waals surface area (Å²) in [4.78, 5) is 11.1. The number of aliphatic hydroxyl groups excluding tert-OH is 1. The van der Waals surface area contributed by atoms with E-state index in [9.17, 15) is 18.3 Å². The van der Waals surface area contributed by atoms with Crippen molar-refractivity contribution in [2.45, 2.75) is 23.5 Å². The first-order valence-corrected chi connectivity index (χ1v) is 6.84. The molecule has 0 radical (unpaired) electrons. The fourth-order valence-corrected chi connectivity index (χ4v) is 3.65. The Balaban J connectivity index is 2.38. The Kier molecular flexibility index (Phi) is 3.38. The van der Waals surface area contributed by atoms with Gasteiger partial charge in [-0.1, -0.05) is 18.2 Å². The summed E-state index contributed by atoms with van der Waals surface area (Å²) in [7, 11) is -3.87. The number of hydrogen-bond acceptors (Lipinski definition) is 4. The molecule has 18 heavy (non-hydrogen) atoms. The molecular weight excluding hydrogens is 258 g/mol. The van der Waals surface area contributed by atoms with Gasteiger partial charge in [0.15, 0.2) is 0 Å². The van der Waals surface area contributed by atoms with E-state index in [1.54, 1.807) is 18.2 Å². The van der Waals surface area contributed by atoms with E-state index < -0.39 is 28.1 Å². The average molecular weight is 271 g/mol. The molecule has 1 aliphatic heterocycles. The zero-order valence-electron chi connectivity index (χ0n) is 9.43. The van der Waals surface area contributed by atoms with E-state index in [4.69, 9.17) is 5.11 Å². The highest BCUT2D eigenvalue weighted by molar-refractivity contribution is 7.89. The first-order chi connectivity index (χ1) is 8.43. The van der Waals surface area contributed by atoms with Crippen molar-refractivity contribution in [3.05, 3.63) is 30.3 Å². The first kappa shape index (κ1) is 13.0. The highest BCUT2D eigenvalue weighted by Gasteiger charge is 2.43. The number of aliphatic carboxylic acids is 1. The number of hydrogen-bond donors (Lipinski definition) is 2. The van der Waals surface area contributed by atoms with Gasteiger partial charge in [0.05, 0.1) is 11.0 Å². The molecule has 1 aromatic rings. The van der Waals surface area contributed by atoms with Gasteiger partial charge in [0.1, 0.15) is 6.04 Å². The van der Waals surface area contributed by atoms with Crippen LogP contribution in [0.5, 0.6) is 0 Å². The maximum absolute atomic E-state index is 12.2. The molecular formula is C11H13NO5S. The minimum absolute atomic E-state index is 0.0327. The molecule has 6 nitrogen and oxygen atoms in total. The minimum Gasteiger partial charge on any atom is -0.480 e. The molecule has 0 saturated carbocycles. The fraction of sp³-hybridized carbons (Fsp3) is 0.364. The van der Waals surface area contributed by atoms with E-state index in [2.05, 4.69) is 0 Å². The molecule has 1 fully saturated rings. The number of carbonyl (C=O) groups is 1. The van der Waals surface area contributed by atoms with Crippen LogP contribution in [0.1, 0.15) is 6.42 Å². The van der Waals surface area contributed by atoms with Crippen LogP contribution < -0.4 is 0 Å². The van der Waals surface area contributed by atoms with Crippen LogP contribution >= 0.6 is 0 Å². The third-order valence-electron chi connectivity index (χ3n) is 2.87. The van der Waals surface area contributed by atoms with Gasteiger partial charge in [-0.15, -0.1) is 0 Å². The second-order valence-electron chi connectivity index (χ2n) is 4.13. The quantitative estimate of drug-likeness (QED) is 0.800. The normalized spacial score (nSPS) is 25.2. The molecule has 0 amide bonds. The molecule has 1 aromatic carbocycles. The topological polar surface area (TPSA) is 94.9 Å². The van der Waals surface area contributed by atoms with Gasteiger partial charge in [-0.05, 0) is 12.1 Å². The summed E-state index contributed by atoms with van der Waals surface area (Å²) in [6, 6.07) is 6.40. The Bertz CT molecular complexity index is 542.